The largest absolute Gasteiger partial charge is 0.462 e. The molecule has 1 atom stereocenters. The number of rotatable bonds is 53. The molecule has 0 fully saturated rings. The fourth-order valence-corrected chi connectivity index (χ4v) is 8.92. The molecule has 0 aliphatic carbocycles. The first-order chi connectivity index (χ1) is 31.4. The summed E-state index contributed by atoms with van der Waals surface area (Å²) in [5, 5.41) is 0. The molecule has 0 saturated carbocycles. The predicted octanol–water partition coefficient (Wildman–Crippen LogP) is 19.0. The Morgan fingerprint density at radius 1 is 0.297 bits per heavy atom. The van der Waals surface area contributed by atoms with Crippen molar-refractivity contribution in [2.75, 3.05) is 13.2 Å². The van der Waals surface area contributed by atoms with E-state index in [1.54, 1.807) is 0 Å². The van der Waals surface area contributed by atoms with Gasteiger partial charge in [-0.2, -0.15) is 0 Å². The lowest BCUT2D eigenvalue weighted by Crippen LogP contribution is -2.30. The maximum absolute atomic E-state index is 12.8. The van der Waals surface area contributed by atoms with Gasteiger partial charge in [-0.05, 0) is 25.2 Å². The lowest BCUT2D eigenvalue weighted by Gasteiger charge is -2.18. The van der Waals surface area contributed by atoms with Gasteiger partial charge in [0.25, 0.3) is 0 Å². The van der Waals surface area contributed by atoms with E-state index in [9.17, 15) is 14.4 Å². The summed E-state index contributed by atoms with van der Waals surface area (Å²) in [6.45, 7) is 9.06. The number of unbranched alkanes of at least 4 members (excludes halogenated alkanes) is 40. The molecule has 6 nitrogen and oxygen atoms in total. The Bertz CT molecular complexity index is 964. The van der Waals surface area contributed by atoms with Gasteiger partial charge in [-0.25, -0.2) is 0 Å². The molecule has 380 valence electrons. The molecule has 0 aromatic carbocycles. The first-order valence-electron chi connectivity index (χ1n) is 28.9. The van der Waals surface area contributed by atoms with Crippen LogP contribution < -0.4 is 0 Å². The van der Waals surface area contributed by atoms with Crippen LogP contribution in [0.2, 0.25) is 0 Å². The van der Waals surface area contributed by atoms with Crippen molar-refractivity contribution in [2.24, 2.45) is 5.92 Å². The minimum Gasteiger partial charge on any atom is -0.462 e. The molecule has 0 aromatic heterocycles. The molecule has 0 saturated heterocycles. The maximum Gasteiger partial charge on any atom is 0.306 e. The standard InChI is InChI=1S/C58H112O6/c1-5-7-9-11-13-15-17-19-20-21-22-26-30-34-38-42-46-50-57(60)63-53-55(52-62-56(59)49-45-41-37-33-29-24-18-16-14-12-10-8-6-2)64-58(61)51-47-43-39-35-31-27-23-25-28-32-36-40-44-48-54(3)4/h54-55H,5-53H2,1-4H3/t55-/m0/s1. The Morgan fingerprint density at radius 3 is 0.766 bits per heavy atom. The third kappa shape index (κ3) is 51.4. The summed E-state index contributed by atoms with van der Waals surface area (Å²) in [7, 11) is 0. The number of carbonyl (C=O) groups excluding carboxylic acids is 3. The van der Waals surface area contributed by atoms with E-state index in [0.717, 1.165) is 63.7 Å². The molecular formula is C58H112O6. The van der Waals surface area contributed by atoms with Crippen molar-refractivity contribution in [3.8, 4) is 0 Å². The third-order valence-electron chi connectivity index (χ3n) is 13.3. The van der Waals surface area contributed by atoms with Crippen LogP contribution >= 0.6 is 0 Å². The highest BCUT2D eigenvalue weighted by molar-refractivity contribution is 5.71. The fraction of sp³-hybridized carbons (Fsp3) is 0.948. The molecular weight excluding hydrogens is 793 g/mol. The van der Waals surface area contributed by atoms with Crippen LogP contribution in [0.5, 0.6) is 0 Å². The maximum atomic E-state index is 12.8. The highest BCUT2D eigenvalue weighted by Crippen LogP contribution is 2.18. The first-order valence-corrected chi connectivity index (χ1v) is 28.9. The second-order valence-electron chi connectivity index (χ2n) is 20.4. The van der Waals surface area contributed by atoms with Gasteiger partial charge >= 0.3 is 17.9 Å². The summed E-state index contributed by atoms with van der Waals surface area (Å²) in [6.07, 6.45) is 56.6. The van der Waals surface area contributed by atoms with Gasteiger partial charge in [0.15, 0.2) is 6.10 Å². The molecule has 0 aliphatic heterocycles. The van der Waals surface area contributed by atoms with Crippen molar-refractivity contribution in [2.45, 2.75) is 336 Å². The molecule has 64 heavy (non-hydrogen) atoms. The van der Waals surface area contributed by atoms with Crippen LogP contribution in [0, 0.1) is 5.92 Å². The number of carbonyl (C=O) groups is 3. The number of ether oxygens (including phenoxy) is 3. The van der Waals surface area contributed by atoms with Crippen LogP contribution in [0.15, 0.2) is 0 Å². The number of hydrogen-bond acceptors (Lipinski definition) is 6. The van der Waals surface area contributed by atoms with E-state index >= 15 is 0 Å². The van der Waals surface area contributed by atoms with Gasteiger partial charge in [-0.15, -0.1) is 0 Å². The van der Waals surface area contributed by atoms with E-state index in [2.05, 4.69) is 27.7 Å². The topological polar surface area (TPSA) is 78.9 Å². The molecule has 0 radical (unpaired) electrons. The van der Waals surface area contributed by atoms with Gasteiger partial charge in [-0.1, -0.05) is 291 Å². The molecule has 0 N–H and O–H groups in total. The van der Waals surface area contributed by atoms with Crippen LogP contribution in [0.25, 0.3) is 0 Å². The molecule has 0 aliphatic rings. The summed E-state index contributed by atoms with van der Waals surface area (Å²) in [4.78, 5) is 38.1. The Hall–Kier alpha value is -1.59. The fourth-order valence-electron chi connectivity index (χ4n) is 8.92. The van der Waals surface area contributed by atoms with Crippen molar-refractivity contribution >= 4 is 17.9 Å². The van der Waals surface area contributed by atoms with Crippen LogP contribution in [0.3, 0.4) is 0 Å². The van der Waals surface area contributed by atoms with Crippen LogP contribution in [0.1, 0.15) is 329 Å². The highest BCUT2D eigenvalue weighted by Gasteiger charge is 2.19. The Kier molecular flexibility index (Phi) is 51.1. The summed E-state index contributed by atoms with van der Waals surface area (Å²) in [5.74, 6) is 0.00293. The molecule has 0 unspecified atom stereocenters. The minimum absolute atomic E-state index is 0.0618. The van der Waals surface area contributed by atoms with E-state index in [1.807, 2.05) is 0 Å². The summed E-state index contributed by atoms with van der Waals surface area (Å²) in [6, 6.07) is 0. The SMILES string of the molecule is CCCCCCCCCCCCCCCCCCCC(=O)OC[C@H](COC(=O)CCCCCCCCCCCCCCC)OC(=O)CCCCCCCCCCCCCCCC(C)C. The third-order valence-corrected chi connectivity index (χ3v) is 13.3. The minimum atomic E-state index is -0.761. The lowest BCUT2D eigenvalue weighted by atomic mass is 10.0. The summed E-state index contributed by atoms with van der Waals surface area (Å²) in [5.41, 5.74) is 0. The molecule has 0 aromatic rings. The van der Waals surface area contributed by atoms with Crippen LogP contribution in [0.4, 0.5) is 0 Å². The normalized spacial score (nSPS) is 12.0. The van der Waals surface area contributed by atoms with E-state index in [4.69, 9.17) is 14.2 Å². The second-order valence-corrected chi connectivity index (χ2v) is 20.4. The number of esters is 3. The average molecular weight is 906 g/mol. The van der Waals surface area contributed by atoms with Crippen molar-refractivity contribution in [1.29, 1.82) is 0 Å². The van der Waals surface area contributed by atoms with Crippen LogP contribution in [-0.2, 0) is 28.6 Å². The predicted molar refractivity (Wildman–Crippen MR) is 275 cm³/mol. The average Bonchev–Trinajstić information content (AvgIpc) is 3.28. The summed E-state index contributed by atoms with van der Waals surface area (Å²) >= 11 is 0. The van der Waals surface area contributed by atoms with Gasteiger partial charge in [-0.3, -0.25) is 14.4 Å². The molecule has 6 heteroatoms. The van der Waals surface area contributed by atoms with E-state index in [0.29, 0.717) is 19.3 Å². The zero-order valence-electron chi connectivity index (χ0n) is 43.8. The molecule has 0 amide bonds. The van der Waals surface area contributed by atoms with Gasteiger partial charge in [0, 0.05) is 19.3 Å². The van der Waals surface area contributed by atoms with Crippen molar-refractivity contribution < 1.29 is 28.6 Å². The number of hydrogen-bond donors (Lipinski definition) is 0. The Balaban J connectivity index is 4.29. The second kappa shape index (κ2) is 52.4. The van der Waals surface area contributed by atoms with E-state index in [1.165, 1.54) is 225 Å². The quantitative estimate of drug-likeness (QED) is 0.0344. The zero-order chi connectivity index (χ0) is 46.7. The van der Waals surface area contributed by atoms with E-state index < -0.39 is 6.10 Å². The molecule has 0 bridgehead atoms. The van der Waals surface area contributed by atoms with Crippen molar-refractivity contribution in [3.05, 3.63) is 0 Å². The Morgan fingerprint density at radius 2 is 0.516 bits per heavy atom. The van der Waals surface area contributed by atoms with E-state index in [-0.39, 0.29) is 31.1 Å². The molecule has 0 heterocycles. The first kappa shape index (κ1) is 62.4. The zero-order valence-corrected chi connectivity index (χ0v) is 43.8. The van der Waals surface area contributed by atoms with Gasteiger partial charge in [0.2, 0.25) is 0 Å². The molecule has 0 rings (SSSR count). The smallest absolute Gasteiger partial charge is 0.306 e. The lowest BCUT2D eigenvalue weighted by molar-refractivity contribution is -0.167. The van der Waals surface area contributed by atoms with Gasteiger partial charge in [0.1, 0.15) is 13.2 Å². The summed E-state index contributed by atoms with van der Waals surface area (Å²) < 4.78 is 16.9. The van der Waals surface area contributed by atoms with Gasteiger partial charge in [0.05, 0.1) is 0 Å². The van der Waals surface area contributed by atoms with Crippen LogP contribution in [-0.4, -0.2) is 37.2 Å². The highest BCUT2D eigenvalue weighted by atomic mass is 16.6. The van der Waals surface area contributed by atoms with Gasteiger partial charge < -0.3 is 14.2 Å². The van der Waals surface area contributed by atoms with Crippen molar-refractivity contribution in [3.63, 3.8) is 0 Å². The molecule has 0 spiro atoms. The Labute approximate surface area is 399 Å². The monoisotopic (exact) mass is 905 g/mol. The van der Waals surface area contributed by atoms with Crippen molar-refractivity contribution in [1.82, 2.24) is 0 Å².